The number of benzene rings is 1. The molecule has 0 aliphatic heterocycles. The van der Waals surface area contributed by atoms with Crippen molar-refractivity contribution in [1.82, 2.24) is 0 Å². The highest BCUT2D eigenvalue weighted by Crippen LogP contribution is 2.34. The summed E-state index contributed by atoms with van der Waals surface area (Å²) in [6, 6.07) is 3.18. The molecule has 0 aromatic heterocycles. The van der Waals surface area contributed by atoms with Crippen molar-refractivity contribution in [2.45, 2.75) is 41.2 Å². The van der Waals surface area contributed by atoms with Crippen LogP contribution in [0.1, 0.15) is 25.7 Å². The van der Waals surface area contributed by atoms with Crippen molar-refractivity contribution in [2.24, 2.45) is 0 Å². The quantitative estimate of drug-likeness (QED) is 0.478. The van der Waals surface area contributed by atoms with E-state index in [-0.39, 0.29) is 15.5 Å². The van der Waals surface area contributed by atoms with Gasteiger partial charge in [0.1, 0.15) is 4.90 Å². The van der Waals surface area contributed by atoms with Gasteiger partial charge >= 0.3 is 0 Å². The minimum Gasteiger partial charge on any atom is -0.258 e. The van der Waals surface area contributed by atoms with E-state index in [2.05, 4.69) is 0 Å². The number of nitro groups is 2. The molecule has 1 saturated carbocycles. The van der Waals surface area contributed by atoms with Crippen molar-refractivity contribution < 1.29 is 14.1 Å². The number of non-ortho nitro benzene ring substituents is 1. The Bertz CT molecular complexity index is 609. The summed E-state index contributed by atoms with van der Waals surface area (Å²) in [5.74, 6) is 0. The van der Waals surface area contributed by atoms with Crippen molar-refractivity contribution >= 4 is 33.8 Å². The molecule has 0 N–H and O–H groups in total. The van der Waals surface area contributed by atoms with Gasteiger partial charge in [0, 0.05) is 11.4 Å². The summed E-state index contributed by atoms with van der Waals surface area (Å²) in [5, 5.41) is 21.1. The van der Waals surface area contributed by atoms with Gasteiger partial charge in [0.15, 0.2) is 0 Å². The Balaban J connectivity index is 2.40. The molecule has 0 saturated heterocycles. The van der Waals surface area contributed by atoms with E-state index >= 15 is 0 Å². The highest BCUT2D eigenvalue weighted by atomic mass is 35.5. The third kappa shape index (κ3) is 3.38. The smallest absolute Gasteiger partial charge is 0.258 e. The summed E-state index contributed by atoms with van der Waals surface area (Å²) >= 11 is 6.17. The molecule has 7 nitrogen and oxygen atoms in total. The number of rotatable bonds is 4. The van der Waals surface area contributed by atoms with Gasteiger partial charge in [0.2, 0.25) is 0 Å². The standard InChI is InChI=1S/C12H13ClN2O5S/c13-9-3-1-2-4-11(9)21(20)12-6-5-8(14(16)17)7-10(12)15(18)19/h5-7,9,11H,1-4H2. The molecule has 114 valence electrons. The Labute approximate surface area is 128 Å². The summed E-state index contributed by atoms with van der Waals surface area (Å²) in [4.78, 5) is 20.3. The lowest BCUT2D eigenvalue weighted by atomic mass is 10.00. The molecule has 0 spiro atoms. The summed E-state index contributed by atoms with van der Waals surface area (Å²) < 4.78 is 12.6. The fourth-order valence-electron chi connectivity index (χ4n) is 2.39. The first-order valence-corrected chi connectivity index (χ1v) is 8.04. The van der Waals surface area contributed by atoms with Crippen LogP contribution in [0.3, 0.4) is 0 Å². The van der Waals surface area contributed by atoms with E-state index in [1.54, 1.807) is 0 Å². The first-order chi connectivity index (χ1) is 9.91. The molecule has 1 aromatic rings. The second-order valence-electron chi connectivity index (χ2n) is 4.80. The second kappa shape index (κ2) is 6.48. The molecule has 2 rings (SSSR count). The zero-order valence-corrected chi connectivity index (χ0v) is 12.5. The topological polar surface area (TPSA) is 103 Å². The molecule has 3 atom stereocenters. The molecular formula is C12H13ClN2O5S. The van der Waals surface area contributed by atoms with Crippen LogP contribution in [-0.4, -0.2) is 24.7 Å². The molecule has 21 heavy (non-hydrogen) atoms. The van der Waals surface area contributed by atoms with Gasteiger partial charge in [-0.1, -0.05) is 12.8 Å². The monoisotopic (exact) mass is 332 g/mol. The van der Waals surface area contributed by atoms with Crippen molar-refractivity contribution in [3.8, 4) is 0 Å². The van der Waals surface area contributed by atoms with E-state index in [0.717, 1.165) is 31.4 Å². The van der Waals surface area contributed by atoms with Crippen LogP contribution in [0.25, 0.3) is 0 Å². The van der Waals surface area contributed by atoms with Gasteiger partial charge in [-0.15, -0.1) is 11.6 Å². The molecule has 1 aliphatic carbocycles. The average Bonchev–Trinajstić information content (AvgIpc) is 2.46. The van der Waals surface area contributed by atoms with Crippen LogP contribution >= 0.6 is 11.6 Å². The van der Waals surface area contributed by atoms with Crippen LogP contribution in [0.2, 0.25) is 0 Å². The van der Waals surface area contributed by atoms with Gasteiger partial charge in [-0.25, -0.2) is 0 Å². The number of halogens is 1. The molecule has 1 aliphatic rings. The van der Waals surface area contributed by atoms with Crippen molar-refractivity contribution in [1.29, 1.82) is 0 Å². The van der Waals surface area contributed by atoms with Gasteiger partial charge in [0.25, 0.3) is 11.4 Å². The number of hydrogen-bond acceptors (Lipinski definition) is 5. The molecule has 9 heteroatoms. The van der Waals surface area contributed by atoms with Crippen LogP contribution in [0.4, 0.5) is 11.4 Å². The first-order valence-electron chi connectivity index (χ1n) is 6.39. The van der Waals surface area contributed by atoms with E-state index in [1.165, 1.54) is 6.07 Å². The van der Waals surface area contributed by atoms with Gasteiger partial charge in [0.05, 0.1) is 32.0 Å². The fraction of sp³-hybridized carbons (Fsp3) is 0.500. The predicted octanol–water partition coefficient (Wildman–Crippen LogP) is 3.16. The van der Waals surface area contributed by atoms with E-state index in [4.69, 9.17) is 11.6 Å². The molecule has 0 heterocycles. The Kier molecular flexibility index (Phi) is 4.89. The minimum atomic E-state index is -1.65. The maximum absolute atomic E-state index is 12.6. The fourth-order valence-corrected chi connectivity index (χ4v) is 4.60. The molecule has 0 radical (unpaired) electrons. The van der Waals surface area contributed by atoms with Crippen molar-refractivity contribution in [3.05, 3.63) is 38.4 Å². The third-order valence-corrected chi connectivity index (χ3v) is 6.03. The molecule has 0 bridgehead atoms. The lowest BCUT2D eigenvalue weighted by Crippen LogP contribution is -2.30. The highest BCUT2D eigenvalue weighted by Gasteiger charge is 2.33. The lowest BCUT2D eigenvalue weighted by molar-refractivity contribution is -0.396. The summed E-state index contributed by atoms with van der Waals surface area (Å²) in [6.07, 6.45) is 3.18. The normalized spacial score (nSPS) is 23.5. The molecule has 3 unspecified atom stereocenters. The zero-order chi connectivity index (χ0) is 15.6. The summed E-state index contributed by atoms with van der Waals surface area (Å²) in [5.41, 5.74) is -0.884. The number of alkyl halides is 1. The van der Waals surface area contributed by atoms with Gasteiger partial charge in [-0.3, -0.25) is 24.4 Å². The van der Waals surface area contributed by atoms with E-state index in [9.17, 15) is 24.4 Å². The molecule has 0 amide bonds. The van der Waals surface area contributed by atoms with Crippen LogP contribution in [0, 0.1) is 20.2 Å². The maximum Gasteiger partial charge on any atom is 0.292 e. The molecular weight excluding hydrogens is 320 g/mol. The maximum atomic E-state index is 12.6. The van der Waals surface area contributed by atoms with Gasteiger partial charge in [-0.2, -0.15) is 0 Å². The summed E-state index contributed by atoms with van der Waals surface area (Å²) in [7, 11) is -1.65. The second-order valence-corrected chi connectivity index (χ2v) is 7.00. The lowest BCUT2D eigenvalue weighted by Gasteiger charge is -2.26. The van der Waals surface area contributed by atoms with Crippen LogP contribution < -0.4 is 0 Å². The summed E-state index contributed by atoms with van der Waals surface area (Å²) in [6.45, 7) is 0. The van der Waals surface area contributed by atoms with E-state index in [1.807, 2.05) is 0 Å². The first kappa shape index (κ1) is 15.8. The largest absolute Gasteiger partial charge is 0.292 e. The minimum absolute atomic E-state index is 0.00292. The Hall–Kier alpha value is -1.54. The third-order valence-electron chi connectivity index (χ3n) is 3.46. The number of nitrogens with zero attached hydrogens (tertiary/aromatic N) is 2. The van der Waals surface area contributed by atoms with Crippen LogP contribution in [-0.2, 0) is 10.8 Å². The van der Waals surface area contributed by atoms with Gasteiger partial charge in [-0.05, 0) is 18.9 Å². The van der Waals surface area contributed by atoms with Crippen LogP contribution in [0.15, 0.2) is 23.1 Å². The Morgan fingerprint density at radius 1 is 1.14 bits per heavy atom. The van der Waals surface area contributed by atoms with Crippen LogP contribution in [0.5, 0.6) is 0 Å². The Morgan fingerprint density at radius 2 is 1.81 bits per heavy atom. The van der Waals surface area contributed by atoms with E-state index < -0.39 is 32.0 Å². The number of nitro benzene ring substituents is 2. The van der Waals surface area contributed by atoms with E-state index in [0.29, 0.717) is 6.42 Å². The number of hydrogen-bond donors (Lipinski definition) is 0. The average molecular weight is 333 g/mol. The zero-order valence-electron chi connectivity index (χ0n) is 10.9. The highest BCUT2D eigenvalue weighted by molar-refractivity contribution is 7.86. The van der Waals surface area contributed by atoms with Crippen molar-refractivity contribution in [2.75, 3.05) is 0 Å². The molecule has 1 aromatic carbocycles. The predicted molar refractivity (Wildman–Crippen MR) is 78.1 cm³/mol. The SMILES string of the molecule is O=[N+]([O-])c1ccc(S(=O)C2CCCCC2Cl)c([N+](=O)[O-])c1. The molecule has 1 fully saturated rings. The van der Waals surface area contributed by atoms with Crippen molar-refractivity contribution in [3.63, 3.8) is 0 Å². The Morgan fingerprint density at radius 3 is 2.38 bits per heavy atom. The van der Waals surface area contributed by atoms with Gasteiger partial charge < -0.3 is 0 Å².